The van der Waals surface area contributed by atoms with Crippen LogP contribution in [0.3, 0.4) is 0 Å². The maximum absolute atomic E-state index is 3.91. The van der Waals surface area contributed by atoms with Crippen LogP contribution in [0.2, 0.25) is 0 Å². The molecule has 0 radical (unpaired) electrons. The fourth-order valence-corrected chi connectivity index (χ4v) is 3.67. The Kier molecular flexibility index (Phi) is 22.0. The maximum Gasteiger partial charge on any atom is -0.0160 e. The summed E-state index contributed by atoms with van der Waals surface area (Å²) in [4.78, 5) is 0. The van der Waals surface area contributed by atoms with Crippen molar-refractivity contribution in [1.29, 1.82) is 0 Å². The molecule has 0 rings (SSSR count). The van der Waals surface area contributed by atoms with E-state index < -0.39 is 0 Å². The van der Waals surface area contributed by atoms with Crippen molar-refractivity contribution in [3.8, 4) is 0 Å². The minimum absolute atomic E-state index is 0.380. The first-order chi connectivity index (χ1) is 13.4. The molecule has 0 nitrogen and oxygen atoms in total. The standard InChI is InChI=1S/C26H48.C2H6/c1-7-10-11-12-13-14-15-16-17-18-19-20-22-25(21-8-2)24(9-3)23-26(4,5)6;1-2/h8,20-22,24H,2,7,9-19,23H2,1,3-6H3;1-2H3/b22-20-,25-21+;. The van der Waals surface area contributed by atoms with Gasteiger partial charge in [0.05, 0.1) is 0 Å². The number of unbranched alkanes of at least 4 members (excludes halogenated alkanes) is 10. The molecule has 28 heavy (non-hydrogen) atoms. The van der Waals surface area contributed by atoms with Gasteiger partial charge >= 0.3 is 0 Å². The van der Waals surface area contributed by atoms with E-state index in [1.807, 2.05) is 19.9 Å². The fourth-order valence-electron chi connectivity index (χ4n) is 3.67. The first-order valence-electron chi connectivity index (χ1n) is 12.4. The van der Waals surface area contributed by atoms with E-state index in [1.165, 1.54) is 89.0 Å². The summed E-state index contributed by atoms with van der Waals surface area (Å²) >= 11 is 0. The summed E-state index contributed by atoms with van der Waals surface area (Å²) in [5.41, 5.74) is 1.84. The molecule has 1 atom stereocenters. The second-order valence-electron chi connectivity index (χ2n) is 9.15. The van der Waals surface area contributed by atoms with Crippen LogP contribution in [0.5, 0.6) is 0 Å². The van der Waals surface area contributed by atoms with Crippen LogP contribution in [0.4, 0.5) is 0 Å². The summed E-state index contributed by atoms with van der Waals surface area (Å²) in [6, 6.07) is 0. The average Bonchev–Trinajstić information content (AvgIpc) is 2.67. The largest absolute Gasteiger partial charge is 0.0991 e. The molecular weight excluding hydrogens is 336 g/mol. The smallest absolute Gasteiger partial charge is 0.0160 e. The summed E-state index contributed by atoms with van der Waals surface area (Å²) in [5.74, 6) is 0.650. The van der Waals surface area contributed by atoms with E-state index in [9.17, 15) is 0 Å². The van der Waals surface area contributed by atoms with Crippen LogP contribution >= 0.6 is 0 Å². The molecule has 0 N–H and O–H groups in total. The van der Waals surface area contributed by atoms with Gasteiger partial charge in [-0.15, -0.1) is 0 Å². The Morgan fingerprint density at radius 1 is 0.821 bits per heavy atom. The normalized spacial score (nSPS) is 13.3. The van der Waals surface area contributed by atoms with Gasteiger partial charge in [0.2, 0.25) is 0 Å². The summed E-state index contributed by atoms with van der Waals surface area (Å²) in [5, 5.41) is 0. The van der Waals surface area contributed by atoms with Crippen LogP contribution < -0.4 is 0 Å². The van der Waals surface area contributed by atoms with Crippen molar-refractivity contribution in [2.24, 2.45) is 11.3 Å². The Labute approximate surface area is 180 Å². The Balaban J connectivity index is 0. The molecule has 0 saturated heterocycles. The second-order valence-corrected chi connectivity index (χ2v) is 9.15. The molecule has 0 amide bonds. The minimum atomic E-state index is 0.380. The molecule has 0 aliphatic heterocycles. The predicted octanol–water partition coefficient (Wildman–Crippen LogP) is 10.5. The van der Waals surface area contributed by atoms with E-state index in [0.717, 1.165) is 0 Å². The van der Waals surface area contributed by atoms with Gasteiger partial charge in [-0.1, -0.05) is 137 Å². The molecule has 0 spiro atoms. The number of rotatable bonds is 16. The van der Waals surface area contributed by atoms with Crippen LogP contribution in [0.15, 0.2) is 36.5 Å². The molecule has 0 fully saturated rings. The summed E-state index contributed by atoms with van der Waals surface area (Å²) < 4.78 is 0. The molecule has 0 heteroatoms. The molecule has 0 saturated carbocycles. The van der Waals surface area contributed by atoms with E-state index in [0.29, 0.717) is 11.3 Å². The molecule has 0 aromatic heterocycles. The summed E-state index contributed by atoms with van der Waals surface area (Å²) in [6.45, 7) is 19.5. The molecular formula is C28H54. The lowest BCUT2D eigenvalue weighted by molar-refractivity contribution is 0.315. The van der Waals surface area contributed by atoms with Crippen LogP contribution in [0.1, 0.15) is 132 Å². The first kappa shape index (κ1) is 29.4. The lowest BCUT2D eigenvalue weighted by Crippen LogP contribution is -2.14. The Morgan fingerprint density at radius 3 is 1.75 bits per heavy atom. The predicted molar refractivity (Wildman–Crippen MR) is 133 cm³/mol. The summed E-state index contributed by atoms with van der Waals surface area (Å²) in [6.07, 6.45) is 26.7. The van der Waals surface area contributed by atoms with Crippen molar-refractivity contribution < 1.29 is 0 Å². The monoisotopic (exact) mass is 390 g/mol. The fraction of sp³-hybridized carbons (Fsp3) is 0.786. The van der Waals surface area contributed by atoms with Crippen LogP contribution in [0, 0.1) is 11.3 Å². The Morgan fingerprint density at radius 2 is 1.32 bits per heavy atom. The van der Waals surface area contributed by atoms with Crippen LogP contribution in [0.25, 0.3) is 0 Å². The van der Waals surface area contributed by atoms with Crippen molar-refractivity contribution in [1.82, 2.24) is 0 Å². The summed E-state index contributed by atoms with van der Waals surface area (Å²) in [7, 11) is 0. The number of allylic oxidation sites excluding steroid dienone is 5. The van der Waals surface area contributed by atoms with Gasteiger partial charge < -0.3 is 0 Å². The minimum Gasteiger partial charge on any atom is -0.0991 e. The van der Waals surface area contributed by atoms with Gasteiger partial charge in [-0.3, -0.25) is 0 Å². The molecule has 1 unspecified atom stereocenters. The van der Waals surface area contributed by atoms with Gasteiger partial charge in [-0.05, 0) is 42.6 Å². The van der Waals surface area contributed by atoms with E-state index >= 15 is 0 Å². The zero-order valence-corrected chi connectivity index (χ0v) is 20.8. The van der Waals surface area contributed by atoms with Gasteiger partial charge in [0.1, 0.15) is 0 Å². The van der Waals surface area contributed by atoms with Gasteiger partial charge in [0.15, 0.2) is 0 Å². The van der Waals surface area contributed by atoms with Gasteiger partial charge in [-0.25, -0.2) is 0 Å². The highest BCUT2D eigenvalue weighted by molar-refractivity contribution is 5.25. The van der Waals surface area contributed by atoms with Crippen molar-refractivity contribution in [2.45, 2.75) is 132 Å². The Bertz CT molecular complexity index is 377. The van der Waals surface area contributed by atoms with Gasteiger partial charge in [-0.2, -0.15) is 0 Å². The average molecular weight is 391 g/mol. The van der Waals surface area contributed by atoms with Crippen molar-refractivity contribution in [2.75, 3.05) is 0 Å². The third-order valence-corrected chi connectivity index (χ3v) is 5.17. The molecule has 0 aromatic carbocycles. The van der Waals surface area contributed by atoms with Crippen LogP contribution in [-0.2, 0) is 0 Å². The van der Waals surface area contributed by atoms with Crippen molar-refractivity contribution in [3.05, 3.63) is 36.5 Å². The molecule has 0 aliphatic carbocycles. The molecule has 0 aliphatic rings. The second kappa shape index (κ2) is 20.9. The zero-order chi connectivity index (χ0) is 21.7. The van der Waals surface area contributed by atoms with Crippen LogP contribution in [-0.4, -0.2) is 0 Å². The molecule has 166 valence electrons. The highest BCUT2D eigenvalue weighted by atomic mass is 14.2. The van der Waals surface area contributed by atoms with E-state index in [4.69, 9.17) is 0 Å². The zero-order valence-electron chi connectivity index (χ0n) is 20.8. The SMILES string of the molecule is C=C/C=C(\C=C/CCCCCCCCCCCC)C(CC)CC(C)(C)C.CC. The third-order valence-electron chi connectivity index (χ3n) is 5.17. The third kappa shape index (κ3) is 20.0. The highest BCUT2D eigenvalue weighted by Gasteiger charge is 2.19. The van der Waals surface area contributed by atoms with Crippen molar-refractivity contribution in [3.63, 3.8) is 0 Å². The van der Waals surface area contributed by atoms with E-state index in [-0.39, 0.29) is 0 Å². The van der Waals surface area contributed by atoms with E-state index in [1.54, 1.807) is 0 Å². The molecule has 0 aromatic rings. The van der Waals surface area contributed by atoms with Crippen molar-refractivity contribution >= 4 is 0 Å². The van der Waals surface area contributed by atoms with Gasteiger partial charge in [0, 0.05) is 0 Å². The maximum atomic E-state index is 3.91. The number of hydrogen-bond donors (Lipinski definition) is 0. The van der Waals surface area contributed by atoms with E-state index in [2.05, 4.69) is 59.4 Å². The lowest BCUT2D eigenvalue weighted by Gasteiger charge is -2.26. The lowest BCUT2D eigenvalue weighted by atomic mass is 9.79. The molecule has 0 bridgehead atoms. The Hall–Kier alpha value is -0.780. The topological polar surface area (TPSA) is 0 Å². The van der Waals surface area contributed by atoms with Gasteiger partial charge in [0.25, 0.3) is 0 Å². The highest BCUT2D eigenvalue weighted by Crippen LogP contribution is 2.31. The number of hydrogen-bond acceptors (Lipinski definition) is 0. The quantitative estimate of drug-likeness (QED) is 0.181. The molecule has 0 heterocycles. The first-order valence-corrected chi connectivity index (χ1v) is 12.4.